The Bertz CT molecular complexity index is 527. The van der Waals surface area contributed by atoms with Crippen LogP contribution in [0.15, 0.2) is 12.1 Å². The minimum atomic E-state index is -0.00126. The Morgan fingerprint density at radius 2 is 2.10 bits per heavy atom. The van der Waals surface area contributed by atoms with Gasteiger partial charge in [0.05, 0.1) is 0 Å². The summed E-state index contributed by atoms with van der Waals surface area (Å²) in [5.41, 5.74) is 7.40. The fourth-order valence-electron chi connectivity index (χ4n) is 2.71. The molecule has 1 aromatic rings. The van der Waals surface area contributed by atoms with Crippen LogP contribution in [-0.2, 0) is 6.42 Å². The number of rotatable bonds is 3. The SMILES string of the molecule is CCCc1cc(C(=O)N2CCN(C)C(C)(C)C2)cc(N)n1. The van der Waals surface area contributed by atoms with Crippen molar-refractivity contribution in [1.82, 2.24) is 14.8 Å². The van der Waals surface area contributed by atoms with Crippen LogP contribution in [0.3, 0.4) is 0 Å². The van der Waals surface area contributed by atoms with Crippen molar-refractivity contribution in [2.45, 2.75) is 39.2 Å². The molecule has 0 aromatic carbocycles. The second-order valence-corrected chi connectivity index (χ2v) is 6.48. The lowest BCUT2D eigenvalue weighted by Gasteiger charge is -2.45. The van der Waals surface area contributed by atoms with Gasteiger partial charge in [0.25, 0.3) is 5.91 Å². The van der Waals surface area contributed by atoms with E-state index in [0.717, 1.165) is 38.2 Å². The Labute approximate surface area is 127 Å². The van der Waals surface area contributed by atoms with E-state index in [-0.39, 0.29) is 11.4 Å². The molecule has 2 rings (SSSR count). The van der Waals surface area contributed by atoms with Crippen molar-refractivity contribution < 1.29 is 4.79 Å². The summed E-state index contributed by atoms with van der Waals surface area (Å²) in [5, 5.41) is 0. The number of anilines is 1. The Morgan fingerprint density at radius 3 is 2.71 bits per heavy atom. The third kappa shape index (κ3) is 3.53. The molecule has 0 unspecified atom stereocenters. The molecule has 2 heterocycles. The molecule has 0 spiro atoms. The fraction of sp³-hybridized carbons (Fsp3) is 0.625. The standard InChI is InChI=1S/C16H26N4O/c1-5-6-13-9-12(10-14(17)18-13)15(21)20-8-7-19(4)16(2,3)11-20/h9-10H,5-8,11H2,1-4H3,(H2,17,18). The predicted molar refractivity (Wildman–Crippen MR) is 85.3 cm³/mol. The maximum absolute atomic E-state index is 12.7. The van der Waals surface area contributed by atoms with Gasteiger partial charge in [-0.2, -0.15) is 0 Å². The first-order valence-corrected chi connectivity index (χ1v) is 7.60. The predicted octanol–water partition coefficient (Wildman–Crippen LogP) is 1.78. The molecular formula is C16H26N4O. The molecule has 1 aliphatic rings. The van der Waals surface area contributed by atoms with Gasteiger partial charge in [0.2, 0.25) is 0 Å². The maximum atomic E-state index is 12.7. The van der Waals surface area contributed by atoms with Gasteiger partial charge < -0.3 is 10.6 Å². The molecule has 0 atom stereocenters. The van der Waals surface area contributed by atoms with Crippen molar-refractivity contribution in [3.05, 3.63) is 23.4 Å². The number of piperazine rings is 1. The number of hydrogen-bond acceptors (Lipinski definition) is 4. The Hall–Kier alpha value is -1.62. The van der Waals surface area contributed by atoms with Gasteiger partial charge in [-0.05, 0) is 39.4 Å². The summed E-state index contributed by atoms with van der Waals surface area (Å²) >= 11 is 0. The Balaban J connectivity index is 2.20. The molecule has 1 aliphatic heterocycles. The maximum Gasteiger partial charge on any atom is 0.254 e. The Morgan fingerprint density at radius 1 is 1.38 bits per heavy atom. The molecule has 1 aromatic heterocycles. The van der Waals surface area contributed by atoms with E-state index >= 15 is 0 Å². The number of nitrogens with zero attached hydrogens (tertiary/aromatic N) is 3. The molecule has 5 heteroatoms. The third-order valence-corrected chi connectivity index (χ3v) is 4.25. The quantitative estimate of drug-likeness (QED) is 0.922. The van der Waals surface area contributed by atoms with Crippen LogP contribution in [0.4, 0.5) is 5.82 Å². The second kappa shape index (κ2) is 6.02. The zero-order valence-corrected chi connectivity index (χ0v) is 13.5. The highest BCUT2D eigenvalue weighted by molar-refractivity contribution is 5.95. The van der Waals surface area contributed by atoms with Gasteiger partial charge in [-0.3, -0.25) is 9.69 Å². The smallest absolute Gasteiger partial charge is 0.254 e. The monoisotopic (exact) mass is 290 g/mol. The third-order valence-electron chi connectivity index (χ3n) is 4.25. The molecule has 5 nitrogen and oxygen atoms in total. The highest BCUT2D eigenvalue weighted by atomic mass is 16.2. The van der Waals surface area contributed by atoms with Gasteiger partial charge in [-0.15, -0.1) is 0 Å². The van der Waals surface area contributed by atoms with Crippen LogP contribution < -0.4 is 5.73 Å². The van der Waals surface area contributed by atoms with Gasteiger partial charge in [-0.1, -0.05) is 13.3 Å². The van der Waals surface area contributed by atoms with Crippen LogP contribution in [0, 0.1) is 0 Å². The van der Waals surface area contributed by atoms with Gasteiger partial charge in [-0.25, -0.2) is 4.98 Å². The number of hydrogen-bond donors (Lipinski definition) is 1. The van der Waals surface area contributed by atoms with Gasteiger partial charge in [0.1, 0.15) is 5.82 Å². The van der Waals surface area contributed by atoms with Gasteiger partial charge in [0.15, 0.2) is 0 Å². The zero-order valence-electron chi connectivity index (χ0n) is 13.5. The number of carbonyl (C=O) groups is 1. The highest BCUT2D eigenvalue weighted by Crippen LogP contribution is 2.21. The van der Waals surface area contributed by atoms with Crippen molar-refractivity contribution >= 4 is 11.7 Å². The lowest BCUT2D eigenvalue weighted by molar-refractivity contribution is 0.0311. The lowest BCUT2D eigenvalue weighted by atomic mass is 9.99. The summed E-state index contributed by atoms with van der Waals surface area (Å²) in [4.78, 5) is 21.2. The van der Waals surface area contributed by atoms with Crippen molar-refractivity contribution in [2.24, 2.45) is 0 Å². The number of aryl methyl sites for hydroxylation is 1. The minimum Gasteiger partial charge on any atom is -0.384 e. The second-order valence-electron chi connectivity index (χ2n) is 6.48. The van der Waals surface area contributed by atoms with E-state index in [1.54, 1.807) is 6.07 Å². The summed E-state index contributed by atoms with van der Waals surface area (Å²) in [6.45, 7) is 8.79. The molecular weight excluding hydrogens is 264 g/mol. The van der Waals surface area contributed by atoms with Crippen LogP contribution in [-0.4, -0.2) is 52.9 Å². The molecule has 21 heavy (non-hydrogen) atoms. The van der Waals surface area contributed by atoms with Crippen LogP contribution in [0.1, 0.15) is 43.2 Å². The van der Waals surface area contributed by atoms with Crippen LogP contribution in [0.25, 0.3) is 0 Å². The summed E-state index contributed by atoms with van der Waals surface area (Å²) in [6.07, 6.45) is 1.84. The van der Waals surface area contributed by atoms with Crippen LogP contribution in [0.2, 0.25) is 0 Å². The number of amides is 1. The summed E-state index contributed by atoms with van der Waals surface area (Å²) in [7, 11) is 2.10. The minimum absolute atomic E-state index is 0.00126. The number of pyridine rings is 1. The first-order valence-electron chi connectivity index (χ1n) is 7.60. The molecule has 1 amide bonds. The number of nitrogen functional groups attached to an aromatic ring is 1. The number of likely N-dealkylation sites (N-methyl/N-ethyl adjacent to an activating group) is 1. The van der Waals surface area contributed by atoms with Gasteiger partial charge >= 0.3 is 0 Å². The number of nitrogens with two attached hydrogens (primary N) is 1. The van der Waals surface area contributed by atoms with Crippen LogP contribution in [0.5, 0.6) is 0 Å². The van der Waals surface area contributed by atoms with Crippen molar-refractivity contribution in [3.8, 4) is 0 Å². The van der Waals surface area contributed by atoms with E-state index in [1.165, 1.54) is 0 Å². The average Bonchev–Trinajstić information content (AvgIpc) is 2.40. The first-order chi connectivity index (χ1) is 9.83. The van der Waals surface area contributed by atoms with Crippen molar-refractivity contribution in [1.29, 1.82) is 0 Å². The van der Waals surface area contributed by atoms with E-state index in [0.29, 0.717) is 11.4 Å². The summed E-state index contributed by atoms with van der Waals surface area (Å²) in [5.74, 6) is 0.486. The number of aromatic nitrogens is 1. The van der Waals surface area contributed by atoms with Crippen molar-refractivity contribution in [3.63, 3.8) is 0 Å². The van der Waals surface area contributed by atoms with Gasteiger partial charge in [0, 0.05) is 36.4 Å². The molecule has 2 N–H and O–H groups in total. The highest BCUT2D eigenvalue weighted by Gasteiger charge is 2.33. The normalized spacial score (nSPS) is 18.8. The molecule has 0 saturated carbocycles. The van der Waals surface area contributed by atoms with E-state index in [9.17, 15) is 4.79 Å². The largest absolute Gasteiger partial charge is 0.384 e. The van der Waals surface area contributed by atoms with E-state index in [4.69, 9.17) is 5.73 Å². The summed E-state index contributed by atoms with van der Waals surface area (Å²) in [6, 6.07) is 3.57. The van der Waals surface area contributed by atoms with E-state index in [1.807, 2.05) is 11.0 Å². The first kappa shape index (κ1) is 15.8. The average molecular weight is 290 g/mol. The number of carbonyl (C=O) groups excluding carboxylic acids is 1. The van der Waals surface area contributed by atoms with E-state index in [2.05, 4.69) is 37.7 Å². The molecule has 116 valence electrons. The Kier molecular flexibility index (Phi) is 4.52. The molecule has 1 saturated heterocycles. The van der Waals surface area contributed by atoms with E-state index < -0.39 is 0 Å². The lowest BCUT2D eigenvalue weighted by Crippen LogP contribution is -2.58. The fourth-order valence-corrected chi connectivity index (χ4v) is 2.71. The zero-order chi connectivity index (χ0) is 15.6. The molecule has 0 bridgehead atoms. The van der Waals surface area contributed by atoms with Crippen LogP contribution >= 0.6 is 0 Å². The topological polar surface area (TPSA) is 62.5 Å². The van der Waals surface area contributed by atoms with Crippen molar-refractivity contribution in [2.75, 3.05) is 32.4 Å². The molecule has 1 fully saturated rings. The molecule has 0 radical (unpaired) electrons. The summed E-state index contributed by atoms with van der Waals surface area (Å²) < 4.78 is 0. The molecule has 0 aliphatic carbocycles.